The first-order valence-corrected chi connectivity index (χ1v) is 6.58. The van der Waals surface area contributed by atoms with E-state index in [0.717, 1.165) is 24.0 Å². The van der Waals surface area contributed by atoms with E-state index in [-0.39, 0.29) is 5.91 Å². The molecule has 1 amide bonds. The van der Waals surface area contributed by atoms with Crippen molar-refractivity contribution in [3.05, 3.63) is 29.6 Å². The topological polar surface area (TPSA) is 54.4 Å². The maximum atomic E-state index is 12.1. The molecule has 1 aromatic rings. The van der Waals surface area contributed by atoms with Gasteiger partial charge in [0.15, 0.2) is 0 Å². The van der Waals surface area contributed by atoms with E-state index in [4.69, 9.17) is 0 Å². The standard InChI is InChI=1S/C15H21N3O/c1-5-8-9-17-15(19)14-12(7-3)13(16-4)11(6-2)10-18-14/h6,10H,2,4-5,7-9H2,1,3H3,(H,17,19). The summed E-state index contributed by atoms with van der Waals surface area (Å²) in [7, 11) is 0. The van der Waals surface area contributed by atoms with Gasteiger partial charge in [-0.25, -0.2) is 0 Å². The highest BCUT2D eigenvalue weighted by Crippen LogP contribution is 2.27. The van der Waals surface area contributed by atoms with Crippen LogP contribution < -0.4 is 5.32 Å². The van der Waals surface area contributed by atoms with Crippen LogP contribution in [0.5, 0.6) is 0 Å². The first-order chi connectivity index (χ1) is 9.19. The predicted octanol–water partition coefficient (Wildman–Crippen LogP) is 3.15. The van der Waals surface area contributed by atoms with Crippen LogP contribution in [-0.4, -0.2) is 24.2 Å². The van der Waals surface area contributed by atoms with Gasteiger partial charge in [-0.2, -0.15) is 0 Å². The van der Waals surface area contributed by atoms with Crippen LogP contribution in [-0.2, 0) is 6.42 Å². The molecule has 19 heavy (non-hydrogen) atoms. The van der Waals surface area contributed by atoms with Gasteiger partial charge >= 0.3 is 0 Å². The van der Waals surface area contributed by atoms with Crippen molar-refractivity contribution in [3.63, 3.8) is 0 Å². The molecule has 4 nitrogen and oxygen atoms in total. The number of nitrogens with one attached hydrogen (secondary N) is 1. The normalized spacial score (nSPS) is 10.0. The number of nitrogens with zero attached hydrogens (tertiary/aromatic N) is 2. The number of pyridine rings is 1. The maximum absolute atomic E-state index is 12.1. The molecule has 0 aromatic carbocycles. The fraction of sp³-hybridized carbons (Fsp3) is 0.400. The lowest BCUT2D eigenvalue weighted by atomic mass is 10.0. The number of unbranched alkanes of at least 4 members (excludes halogenated alkanes) is 1. The van der Waals surface area contributed by atoms with Crippen molar-refractivity contribution < 1.29 is 4.79 Å². The number of carbonyl (C=O) groups is 1. The number of aliphatic imine (C=N–C) groups is 1. The number of rotatable bonds is 7. The summed E-state index contributed by atoms with van der Waals surface area (Å²) in [5, 5.41) is 2.87. The zero-order valence-electron chi connectivity index (χ0n) is 11.7. The molecule has 0 bridgehead atoms. The van der Waals surface area contributed by atoms with Crippen LogP contribution in [0.1, 0.15) is 48.3 Å². The maximum Gasteiger partial charge on any atom is 0.270 e. The summed E-state index contributed by atoms with van der Waals surface area (Å²) in [4.78, 5) is 20.4. The smallest absolute Gasteiger partial charge is 0.270 e. The minimum Gasteiger partial charge on any atom is -0.351 e. The van der Waals surface area contributed by atoms with E-state index in [1.165, 1.54) is 0 Å². The molecule has 0 spiro atoms. The summed E-state index contributed by atoms with van der Waals surface area (Å²) in [6, 6.07) is 0. The van der Waals surface area contributed by atoms with Crippen molar-refractivity contribution in [2.75, 3.05) is 6.54 Å². The summed E-state index contributed by atoms with van der Waals surface area (Å²) in [5.74, 6) is -0.147. The molecule has 1 N–H and O–H groups in total. The molecule has 0 aliphatic rings. The third-order valence-corrected chi connectivity index (χ3v) is 2.94. The second kappa shape index (κ2) is 7.46. The molecular formula is C15H21N3O. The van der Waals surface area contributed by atoms with Gasteiger partial charge in [0.05, 0.1) is 5.69 Å². The second-order valence-electron chi connectivity index (χ2n) is 4.21. The second-order valence-corrected chi connectivity index (χ2v) is 4.21. The first kappa shape index (κ1) is 15.1. The van der Waals surface area contributed by atoms with Crippen LogP contribution in [0.25, 0.3) is 6.08 Å². The van der Waals surface area contributed by atoms with Gasteiger partial charge in [0, 0.05) is 23.9 Å². The molecule has 4 heteroatoms. The Balaban J connectivity index is 3.10. The zero-order valence-corrected chi connectivity index (χ0v) is 11.7. The Bertz CT molecular complexity index is 481. The van der Waals surface area contributed by atoms with Crippen LogP contribution in [0.3, 0.4) is 0 Å². The van der Waals surface area contributed by atoms with Crippen molar-refractivity contribution in [3.8, 4) is 0 Å². The number of carbonyl (C=O) groups excluding carboxylic acids is 1. The minimum atomic E-state index is -0.147. The summed E-state index contributed by atoms with van der Waals surface area (Å²) >= 11 is 0. The molecular weight excluding hydrogens is 238 g/mol. The van der Waals surface area contributed by atoms with Crippen LogP contribution in [0.4, 0.5) is 5.69 Å². The van der Waals surface area contributed by atoms with Crippen molar-refractivity contribution >= 4 is 24.4 Å². The van der Waals surface area contributed by atoms with Crippen molar-refractivity contribution in [1.29, 1.82) is 0 Å². The van der Waals surface area contributed by atoms with Crippen LogP contribution in [0.15, 0.2) is 17.8 Å². The Hall–Kier alpha value is -1.97. The Morgan fingerprint density at radius 2 is 2.26 bits per heavy atom. The first-order valence-electron chi connectivity index (χ1n) is 6.58. The zero-order chi connectivity index (χ0) is 14.3. The van der Waals surface area contributed by atoms with E-state index in [1.807, 2.05) is 6.92 Å². The SMILES string of the molecule is C=Cc1cnc(C(=O)NCCCC)c(CC)c1N=C. The monoisotopic (exact) mass is 259 g/mol. The van der Waals surface area contributed by atoms with Gasteiger partial charge in [-0.1, -0.05) is 32.9 Å². The summed E-state index contributed by atoms with van der Waals surface area (Å²) in [6.45, 7) is 12.0. The van der Waals surface area contributed by atoms with Crippen molar-refractivity contribution in [2.24, 2.45) is 4.99 Å². The van der Waals surface area contributed by atoms with Crippen LogP contribution in [0.2, 0.25) is 0 Å². The Labute approximate surface area is 114 Å². The Morgan fingerprint density at radius 3 is 2.79 bits per heavy atom. The number of aromatic nitrogens is 1. The molecule has 0 radical (unpaired) electrons. The molecule has 0 fully saturated rings. The van der Waals surface area contributed by atoms with E-state index in [2.05, 4.69) is 35.5 Å². The molecule has 0 aliphatic heterocycles. The molecule has 1 heterocycles. The Kier molecular flexibility index (Phi) is 5.93. The van der Waals surface area contributed by atoms with Gasteiger partial charge in [0.25, 0.3) is 5.91 Å². The van der Waals surface area contributed by atoms with Crippen LogP contribution >= 0.6 is 0 Å². The van der Waals surface area contributed by atoms with Gasteiger partial charge in [-0.05, 0) is 19.6 Å². The lowest BCUT2D eigenvalue weighted by Gasteiger charge is -2.12. The van der Waals surface area contributed by atoms with Gasteiger partial charge < -0.3 is 5.32 Å². The molecule has 0 aliphatic carbocycles. The Morgan fingerprint density at radius 1 is 1.53 bits per heavy atom. The predicted molar refractivity (Wildman–Crippen MR) is 80.2 cm³/mol. The van der Waals surface area contributed by atoms with E-state index >= 15 is 0 Å². The molecule has 0 saturated carbocycles. The van der Waals surface area contributed by atoms with Gasteiger partial charge in [-0.15, -0.1) is 0 Å². The van der Waals surface area contributed by atoms with E-state index in [9.17, 15) is 4.79 Å². The highest BCUT2D eigenvalue weighted by Gasteiger charge is 2.16. The molecule has 0 saturated heterocycles. The largest absolute Gasteiger partial charge is 0.351 e. The third kappa shape index (κ3) is 3.50. The molecule has 1 rings (SSSR count). The number of hydrogen-bond acceptors (Lipinski definition) is 3. The third-order valence-electron chi connectivity index (χ3n) is 2.94. The quantitative estimate of drug-likeness (QED) is 0.604. The lowest BCUT2D eigenvalue weighted by molar-refractivity contribution is 0.0947. The number of amides is 1. The number of hydrogen-bond donors (Lipinski definition) is 1. The van der Waals surface area contributed by atoms with E-state index in [0.29, 0.717) is 24.3 Å². The summed E-state index contributed by atoms with van der Waals surface area (Å²) in [6.07, 6.45) is 5.98. The van der Waals surface area contributed by atoms with E-state index in [1.54, 1.807) is 12.3 Å². The molecule has 0 unspecified atom stereocenters. The van der Waals surface area contributed by atoms with E-state index < -0.39 is 0 Å². The molecule has 1 aromatic heterocycles. The van der Waals surface area contributed by atoms with Crippen molar-refractivity contribution in [1.82, 2.24) is 10.3 Å². The fourth-order valence-electron chi connectivity index (χ4n) is 1.89. The fourth-order valence-corrected chi connectivity index (χ4v) is 1.89. The van der Waals surface area contributed by atoms with Crippen molar-refractivity contribution in [2.45, 2.75) is 33.1 Å². The lowest BCUT2D eigenvalue weighted by Crippen LogP contribution is -2.26. The highest BCUT2D eigenvalue weighted by molar-refractivity contribution is 5.95. The van der Waals surface area contributed by atoms with Gasteiger partial charge in [-0.3, -0.25) is 14.8 Å². The average molecular weight is 259 g/mol. The summed E-state index contributed by atoms with van der Waals surface area (Å²) < 4.78 is 0. The van der Waals surface area contributed by atoms with Crippen LogP contribution in [0, 0.1) is 0 Å². The van der Waals surface area contributed by atoms with Gasteiger partial charge in [0.1, 0.15) is 5.69 Å². The minimum absolute atomic E-state index is 0.147. The molecule has 0 atom stereocenters. The highest BCUT2D eigenvalue weighted by atomic mass is 16.1. The summed E-state index contributed by atoms with van der Waals surface area (Å²) in [5.41, 5.74) is 2.76. The van der Waals surface area contributed by atoms with Gasteiger partial charge in [0.2, 0.25) is 0 Å². The average Bonchev–Trinajstić information content (AvgIpc) is 2.45. The molecule has 102 valence electrons.